The van der Waals surface area contributed by atoms with Crippen LogP contribution in [0.5, 0.6) is 5.75 Å². The van der Waals surface area contributed by atoms with E-state index in [0.717, 1.165) is 21.6 Å². The molecule has 0 fully saturated rings. The number of hydrogen-bond acceptors (Lipinski definition) is 3. The number of carboxylic acid groups (broad SMARTS) is 1. The summed E-state index contributed by atoms with van der Waals surface area (Å²) in [5, 5.41) is 12.1. The molecule has 138 valence electrons. The molecule has 0 radical (unpaired) electrons. The zero-order valence-corrected chi connectivity index (χ0v) is 15.9. The van der Waals surface area contributed by atoms with Gasteiger partial charge in [-0.2, -0.15) is 4.99 Å². The second kappa shape index (κ2) is 8.00. The lowest BCUT2D eigenvalue weighted by Crippen LogP contribution is -2.53. The Hall–Kier alpha value is -2.57. The molecule has 0 unspecified atom stereocenters. The Morgan fingerprint density at radius 2 is 1.72 bits per heavy atom. The maximum atomic E-state index is 12.2. The van der Waals surface area contributed by atoms with Crippen LogP contribution in [0.15, 0.2) is 17.1 Å². The number of benzene rings is 1. The molecule has 0 aliphatic carbocycles. The van der Waals surface area contributed by atoms with Gasteiger partial charge in [-0.25, -0.2) is 9.69 Å². The average molecular weight is 349 g/mol. The summed E-state index contributed by atoms with van der Waals surface area (Å²) in [6, 6.07) is 3.95. The average Bonchev–Trinajstić information content (AvgIpc) is 2.43. The summed E-state index contributed by atoms with van der Waals surface area (Å²) < 4.78 is 5.61. The van der Waals surface area contributed by atoms with Gasteiger partial charge in [-0.1, -0.05) is 17.7 Å². The van der Waals surface area contributed by atoms with Gasteiger partial charge in [-0.3, -0.25) is 4.79 Å². The van der Waals surface area contributed by atoms with Gasteiger partial charge in [0, 0.05) is 12.6 Å². The van der Waals surface area contributed by atoms with Crippen LogP contribution in [-0.2, 0) is 4.79 Å². The summed E-state index contributed by atoms with van der Waals surface area (Å²) >= 11 is 0. The topological polar surface area (TPSA) is 91.2 Å². The molecule has 0 heterocycles. The standard InChI is InChI=1S/C18H27N3O4/c1-11-8-12(2)15(13(3)9-11)25-10-14(22)20-16(19-7)21(17(23)24)18(4,5)6/h8-9H,10H2,1-7H3,(H,23,24)(H,19,20,22). The van der Waals surface area contributed by atoms with Crippen LogP contribution in [0.2, 0.25) is 0 Å². The highest BCUT2D eigenvalue weighted by Gasteiger charge is 2.31. The third-order valence-electron chi connectivity index (χ3n) is 3.47. The normalized spacial score (nSPS) is 11.9. The van der Waals surface area contributed by atoms with Gasteiger partial charge in [0.25, 0.3) is 5.91 Å². The Morgan fingerprint density at radius 3 is 2.12 bits per heavy atom. The number of nitrogens with one attached hydrogen (secondary N) is 1. The lowest BCUT2D eigenvalue weighted by molar-refractivity contribution is -0.119. The molecule has 1 aromatic rings. The molecule has 2 N–H and O–H groups in total. The maximum Gasteiger partial charge on any atom is 0.414 e. The SMILES string of the molecule is CNC(=NC(=O)COc1c(C)cc(C)cc1C)N(C(=O)O)C(C)(C)C. The molecule has 7 nitrogen and oxygen atoms in total. The molecule has 7 heteroatoms. The van der Waals surface area contributed by atoms with Gasteiger partial charge in [-0.05, 0) is 52.7 Å². The van der Waals surface area contributed by atoms with Gasteiger partial charge in [0.2, 0.25) is 5.96 Å². The van der Waals surface area contributed by atoms with E-state index in [2.05, 4.69) is 10.3 Å². The second-order valence-corrected chi connectivity index (χ2v) is 6.88. The summed E-state index contributed by atoms with van der Waals surface area (Å²) in [5.74, 6) is 0.0382. The summed E-state index contributed by atoms with van der Waals surface area (Å²) in [7, 11) is 1.52. The van der Waals surface area contributed by atoms with Crippen molar-refractivity contribution in [3.63, 3.8) is 0 Å². The molecule has 0 saturated carbocycles. The molecule has 0 saturated heterocycles. The van der Waals surface area contributed by atoms with Gasteiger partial charge in [0.15, 0.2) is 6.61 Å². The third kappa shape index (κ3) is 5.48. The van der Waals surface area contributed by atoms with E-state index >= 15 is 0 Å². The summed E-state index contributed by atoms with van der Waals surface area (Å²) in [4.78, 5) is 28.5. The van der Waals surface area contributed by atoms with E-state index in [9.17, 15) is 14.7 Å². The Morgan fingerprint density at radius 1 is 1.20 bits per heavy atom. The molecule has 0 aromatic heterocycles. The predicted octanol–water partition coefficient (Wildman–Crippen LogP) is 2.87. The van der Waals surface area contributed by atoms with Crippen molar-refractivity contribution in [2.45, 2.75) is 47.1 Å². The van der Waals surface area contributed by atoms with Crippen LogP contribution in [0, 0.1) is 20.8 Å². The fourth-order valence-electron chi connectivity index (χ4n) is 2.59. The first-order chi connectivity index (χ1) is 11.5. The molecule has 1 rings (SSSR count). The van der Waals surface area contributed by atoms with E-state index < -0.39 is 17.5 Å². The number of aliphatic imine (C=N–C) groups is 1. The van der Waals surface area contributed by atoms with Crippen LogP contribution in [0.25, 0.3) is 0 Å². The number of ether oxygens (including phenoxy) is 1. The summed E-state index contributed by atoms with van der Waals surface area (Å²) in [6.07, 6.45) is -1.19. The largest absolute Gasteiger partial charge is 0.483 e. The van der Waals surface area contributed by atoms with Crippen LogP contribution in [0.3, 0.4) is 0 Å². The Labute approximate surface area is 148 Å². The highest BCUT2D eigenvalue weighted by atomic mass is 16.5. The molecular weight excluding hydrogens is 322 g/mol. The van der Waals surface area contributed by atoms with Crippen molar-refractivity contribution in [1.82, 2.24) is 10.2 Å². The van der Waals surface area contributed by atoms with E-state index in [1.165, 1.54) is 7.05 Å². The Balaban J connectivity index is 2.96. The van der Waals surface area contributed by atoms with Crippen LogP contribution in [0.4, 0.5) is 4.79 Å². The minimum absolute atomic E-state index is 0.0362. The number of carbonyl (C=O) groups excluding carboxylic acids is 1. The lowest BCUT2D eigenvalue weighted by Gasteiger charge is -2.33. The minimum atomic E-state index is -1.19. The number of hydrogen-bond donors (Lipinski definition) is 2. The van der Waals surface area contributed by atoms with Crippen molar-refractivity contribution >= 4 is 18.0 Å². The van der Waals surface area contributed by atoms with Crippen LogP contribution in [-0.4, -0.2) is 47.2 Å². The number of carbonyl (C=O) groups is 2. The molecule has 0 bridgehead atoms. The first-order valence-electron chi connectivity index (χ1n) is 8.00. The quantitative estimate of drug-likeness (QED) is 0.647. The van der Waals surface area contributed by atoms with E-state index in [1.807, 2.05) is 32.9 Å². The Bertz CT molecular complexity index is 667. The Kier molecular flexibility index (Phi) is 6.55. The zero-order chi connectivity index (χ0) is 19.4. The van der Waals surface area contributed by atoms with Crippen molar-refractivity contribution < 1.29 is 19.4 Å². The molecule has 0 aliphatic heterocycles. The fraction of sp³-hybridized carbons (Fsp3) is 0.500. The predicted molar refractivity (Wildman–Crippen MR) is 97.3 cm³/mol. The molecule has 0 spiro atoms. The van der Waals surface area contributed by atoms with Crippen LogP contribution >= 0.6 is 0 Å². The van der Waals surface area contributed by atoms with Crippen molar-refractivity contribution in [1.29, 1.82) is 0 Å². The van der Waals surface area contributed by atoms with Gasteiger partial charge in [0.05, 0.1) is 0 Å². The molecule has 0 aliphatic rings. The zero-order valence-electron chi connectivity index (χ0n) is 15.9. The lowest BCUT2D eigenvalue weighted by atomic mass is 10.1. The monoisotopic (exact) mass is 349 g/mol. The minimum Gasteiger partial charge on any atom is -0.483 e. The number of amides is 2. The fourth-order valence-corrected chi connectivity index (χ4v) is 2.59. The van der Waals surface area contributed by atoms with E-state index in [-0.39, 0.29) is 12.6 Å². The van der Waals surface area contributed by atoms with Gasteiger partial charge in [0.1, 0.15) is 5.75 Å². The van der Waals surface area contributed by atoms with Crippen molar-refractivity contribution in [2.24, 2.45) is 4.99 Å². The van der Waals surface area contributed by atoms with E-state index in [4.69, 9.17) is 4.74 Å². The van der Waals surface area contributed by atoms with Gasteiger partial charge < -0.3 is 15.2 Å². The number of guanidine groups is 1. The van der Waals surface area contributed by atoms with Crippen LogP contribution < -0.4 is 10.1 Å². The van der Waals surface area contributed by atoms with Crippen molar-refractivity contribution in [3.05, 3.63) is 28.8 Å². The van der Waals surface area contributed by atoms with Gasteiger partial charge >= 0.3 is 6.09 Å². The molecular formula is C18H27N3O4. The maximum absolute atomic E-state index is 12.2. The second-order valence-electron chi connectivity index (χ2n) is 6.88. The molecule has 2 amide bonds. The molecule has 1 aromatic carbocycles. The van der Waals surface area contributed by atoms with Crippen molar-refractivity contribution in [3.8, 4) is 5.75 Å². The number of nitrogens with zero attached hydrogens (tertiary/aromatic N) is 2. The van der Waals surface area contributed by atoms with Crippen molar-refractivity contribution in [2.75, 3.05) is 13.7 Å². The van der Waals surface area contributed by atoms with E-state index in [0.29, 0.717) is 5.75 Å². The van der Waals surface area contributed by atoms with Crippen LogP contribution in [0.1, 0.15) is 37.5 Å². The third-order valence-corrected chi connectivity index (χ3v) is 3.47. The molecule has 0 atom stereocenters. The summed E-state index contributed by atoms with van der Waals surface area (Å²) in [6.45, 7) is 10.7. The highest BCUT2D eigenvalue weighted by Crippen LogP contribution is 2.24. The highest BCUT2D eigenvalue weighted by molar-refractivity contribution is 6.00. The first-order valence-corrected chi connectivity index (χ1v) is 8.00. The smallest absolute Gasteiger partial charge is 0.414 e. The number of rotatable bonds is 3. The van der Waals surface area contributed by atoms with E-state index in [1.54, 1.807) is 20.8 Å². The van der Waals surface area contributed by atoms with Gasteiger partial charge in [-0.15, -0.1) is 0 Å². The first kappa shape index (κ1) is 20.5. The number of aryl methyl sites for hydroxylation is 3. The summed E-state index contributed by atoms with van der Waals surface area (Å²) in [5.41, 5.74) is 2.24. The molecule has 25 heavy (non-hydrogen) atoms.